The maximum atomic E-state index is 12.9. The molecule has 1 aliphatic rings. The molecule has 0 unspecified atom stereocenters. The Hall–Kier alpha value is -2.23. The van der Waals surface area contributed by atoms with Gasteiger partial charge in [-0.2, -0.15) is 0 Å². The molecule has 31 heavy (non-hydrogen) atoms. The van der Waals surface area contributed by atoms with Crippen LogP contribution in [0.3, 0.4) is 0 Å². The molecule has 1 amide bonds. The number of rotatable bonds is 8. The summed E-state index contributed by atoms with van der Waals surface area (Å²) in [5.41, 5.74) is 1.58. The van der Waals surface area contributed by atoms with E-state index in [1.54, 1.807) is 26.0 Å². The lowest BCUT2D eigenvalue weighted by Crippen LogP contribution is -2.30. The minimum absolute atomic E-state index is 0.0447. The van der Waals surface area contributed by atoms with Crippen LogP contribution in [0.1, 0.15) is 58.3 Å². The zero-order valence-corrected chi connectivity index (χ0v) is 19.7. The number of carbonyl (C=O) groups excluding carboxylic acids is 2. The Bertz CT molecular complexity index is 1080. The second-order valence-electron chi connectivity index (χ2n) is 7.34. The van der Waals surface area contributed by atoms with Crippen molar-refractivity contribution in [2.75, 3.05) is 30.8 Å². The summed E-state index contributed by atoms with van der Waals surface area (Å²) in [6.45, 7) is 8.26. The average Bonchev–Trinajstić information content (AvgIpc) is 3.11. The van der Waals surface area contributed by atoms with Crippen LogP contribution in [0, 0.1) is 0 Å². The third-order valence-corrected chi connectivity index (χ3v) is 8.08. The number of sulfone groups is 1. The molecule has 2 heterocycles. The lowest BCUT2D eigenvalue weighted by Gasteiger charge is -2.26. The molecule has 0 saturated heterocycles. The molecule has 9 heteroatoms. The molecule has 1 aliphatic heterocycles. The maximum absolute atomic E-state index is 12.9. The first-order valence-electron chi connectivity index (χ1n) is 10.5. The van der Waals surface area contributed by atoms with Crippen LogP contribution in [-0.2, 0) is 27.5 Å². The number of fused-ring (bicyclic) bond motifs is 1. The molecule has 0 aliphatic carbocycles. The number of esters is 1. The number of ether oxygens (including phenoxy) is 1. The normalized spacial score (nSPS) is 14.2. The highest BCUT2D eigenvalue weighted by Gasteiger charge is 2.29. The summed E-state index contributed by atoms with van der Waals surface area (Å²) in [5, 5.41) is 3.29. The van der Waals surface area contributed by atoms with Gasteiger partial charge < -0.3 is 10.1 Å². The number of thiophene rings is 1. The number of nitrogens with zero attached hydrogens (tertiary/aromatic N) is 1. The molecule has 1 aromatic carbocycles. The van der Waals surface area contributed by atoms with E-state index in [9.17, 15) is 18.0 Å². The summed E-state index contributed by atoms with van der Waals surface area (Å²) in [5.74, 6) is -0.943. The first-order valence-corrected chi connectivity index (χ1v) is 13.0. The molecule has 1 aromatic heterocycles. The smallest absolute Gasteiger partial charge is 0.341 e. The third kappa shape index (κ3) is 5.16. The van der Waals surface area contributed by atoms with E-state index in [1.807, 2.05) is 0 Å². The topological polar surface area (TPSA) is 92.8 Å². The van der Waals surface area contributed by atoms with Crippen molar-refractivity contribution in [3.63, 3.8) is 0 Å². The van der Waals surface area contributed by atoms with Gasteiger partial charge in [-0.3, -0.25) is 9.69 Å². The van der Waals surface area contributed by atoms with Gasteiger partial charge in [0.05, 0.1) is 22.8 Å². The first-order chi connectivity index (χ1) is 14.8. The number of amides is 1. The van der Waals surface area contributed by atoms with Gasteiger partial charge in [0.2, 0.25) is 0 Å². The fourth-order valence-electron chi connectivity index (χ4n) is 3.64. The van der Waals surface area contributed by atoms with E-state index in [0.29, 0.717) is 10.6 Å². The van der Waals surface area contributed by atoms with E-state index >= 15 is 0 Å². The molecule has 7 nitrogen and oxygen atoms in total. The predicted octanol–water partition coefficient (Wildman–Crippen LogP) is 3.74. The van der Waals surface area contributed by atoms with Crippen molar-refractivity contribution < 1.29 is 22.7 Å². The maximum Gasteiger partial charge on any atom is 0.341 e. The van der Waals surface area contributed by atoms with Gasteiger partial charge >= 0.3 is 5.97 Å². The Morgan fingerprint density at radius 2 is 2.00 bits per heavy atom. The Morgan fingerprint density at radius 1 is 1.23 bits per heavy atom. The van der Waals surface area contributed by atoms with E-state index < -0.39 is 21.7 Å². The number of hydrogen-bond donors (Lipinski definition) is 1. The van der Waals surface area contributed by atoms with Crippen LogP contribution in [-0.4, -0.2) is 50.6 Å². The number of anilines is 1. The van der Waals surface area contributed by atoms with Crippen molar-refractivity contribution in [3.8, 4) is 0 Å². The van der Waals surface area contributed by atoms with Crippen molar-refractivity contribution in [1.82, 2.24) is 4.90 Å². The van der Waals surface area contributed by atoms with Crippen LogP contribution >= 0.6 is 11.3 Å². The second-order valence-corrected chi connectivity index (χ2v) is 10.7. The van der Waals surface area contributed by atoms with Crippen LogP contribution in [0.25, 0.3) is 0 Å². The summed E-state index contributed by atoms with van der Waals surface area (Å²) >= 11 is 1.39. The fraction of sp³-hybridized carbons (Fsp3) is 0.455. The van der Waals surface area contributed by atoms with Crippen molar-refractivity contribution in [1.29, 1.82) is 0 Å². The Balaban J connectivity index is 1.93. The molecular weight excluding hydrogens is 436 g/mol. The van der Waals surface area contributed by atoms with Crippen molar-refractivity contribution in [3.05, 3.63) is 45.8 Å². The van der Waals surface area contributed by atoms with Crippen LogP contribution in [0.4, 0.5) is 5.00 Å². The molecule has 0 atom stereocenters. The van der Waals surface area contributed by atoms with Gasteiger partial charge in [0.15, 0.2) is 9.84 Å². The summed E-state index contributed by atoms with van der Waals surface area (Å²) in [6, 6.07) is 5.96. The van der Waals surface area contributed by atoms with Crippen molar-refractivity contribution in [2.45, 2.75) is 45.1 Å². The minimum atomic E-state index is -3.43. The van der Waals surface area contributed by atoms with E-state index in [0.717, 1.165) is 42.9 Å². The molecule has 1 N–H and O–H groups in total. The fourth-order valence-corrected chi connectivity index (χ4v) is 5.84. The van der Waals surface area contributed by atoms with E-state index in [2.05, 4.69) is 17.1 Å². The number of carbonyl (C=O) groups is 2. The lowest BCUT2D eigenvalue weighted by molar-refractivity contribution is 0.0526. The van der Waals surface area contributed by atoms with E-state index in [4.69, 9.17) is 4.74 Å². The third-order valence-electron chi connectivity index (χ3n) is 5.22. The molecule has 0 fully saturated rings. The van der Waals surface area contributed by atoms with Crippen LogP contribution < -0.4 is 5.32 Å². The Kier molecular flexibility index (Phi) is 7.51. The minimum Gasteiger partial charge on any atom is -0.462 e. The zero-order chi connectivity index (χ0) is 22.6. The number of benzene rings is 1. The summed E-state index contributed by atoms with van der Waals surface area (Å²) in [7, 11) is -3.43. The average molecular weight is 465 g/mol. The molecule has 2 aromatic rings. The molecular formula is C22H28N2O5S2. The van der Waals surface area contributed by atoms with Gasteiger partial charge in [0.1, 0.15) is 5.00 Å². The van der Waals surface area contributed by atoms with Crippen LogP contribution in [0.2, 0.25) is 0 Å². The highest BCUT2D eigenvalue weighted by molar-refractivity contribution is 7.91. The van der Waals surface area contributed by atoms with Crippen molar-refractivity contribution >= 4 is 38.1 Å². The standard InChI is InChI=1S/C22H28N2O5S2/c1-4-11-24-12-10-17-18(14-24)30-21(19(17)22(26)29-5-2)23-20(25)15-8-7-9-16(13-15)31(27,28)6-3/h7-9,13H,4-6,10-12,14H2,1-3H3,(H,23,25). The number of nitrogens with one attached hydrogen (secondary N) is 1. The largest absolute Gasteiger partial charge is 0.462 e. The zero-order valence-electron chi connectivity index (χ0n) is 18.1. The molecule has 0 spiro atoms. The van der Waals surface area contributed by atoms with Gasteiger partial charge in [-0.25, -0.2) is 13.2 Å². The van der Waals surface area contributed by atoms with Gasteiger partial charge in [-0.1, -0.05) is 19.9 Å². The van der Waals surface area contributed by atoms with Crippen molar-refractivity contribution in [2.24, 2.45) is 0 Å². The highest BCUT2D eigenvalue weighted by atomic mass is 32.2. The quantitative estimate of drug-likeness (QED) is 0.599. The molecule has 0 saturated carbocycles. The monoisotopic (exact) mass is 464 g/mol. The molecule has 168 valence electrons. The highest BCUT2D eigenvalue weighted by Crippen LogP contribution is 2.38. The molecule has 0 radical (unpaired) electrons. The van der Waals surface area contributed by atoms with Gasteiger partial charge in [-0.05, 0) is 50.1 Å². The van der Waals surface area contributed by atoms with Crippen LogP contribution in [0.5, 0.6) is 0 Å². The SMILES string of the molecule is CCCN1CCc2c(sc(NC(=O)c3cccc(S(=O)(=O)CC)c3)c2C(=O)OCC)C1. The van der Waals surface area contributed by atoms with Crippen LogP contribution in [0.15, 0.2) is 29.2 Å². The molecule has 3 rings (SSSR count). The van der Waals surface area contributed by atoms with Gasteiger partial charge in [0.25, 0.3) is 5.91 Å². The van der Waals surface area contributed by atoms with E-state index in [1.165, 1.54) is 23.5 Å². The summed E-state index contributed by atoms with van der Waals surface area (Å²) < 4.78 is 29.6. The number of hydrogen-bond acceptors (Lipinski definition) is 7. The summed E-state index contributed by atoms with van der Waals surface area (Å²) in [4.78, 5) is 29.1. The van der Waals surface area contributed by atoms with Gasteiger partial charge in [0, 0.05) is 23.5 Å². The molecule has 0 bridgehead atoms. The van der Waals surface area contributed by atoms with Gasteiger partial charge in [-0.15, -0.1) is 11.3 Å². The Labute approximate surface area is 187 Å². The summed E-state index contributed by atoms with van der Waals surface area (Å²) in [6.07, 6.45) is 1.77. The Morgan fingerprint density at radius 3 is 2.68 bits per heavy atom. The second kappa shape index (κ2) is 9.93. The first kappa shape index (κ1) is 23.4. The predicted molar refractivity (Wildman–Crippen MR) is 122 cm³/mol. The van der Waals surface area contributed by atoms with E-state index in [-0.39, 0.29) is 22.8 Å². The lowest BCUT2D eigenvalue weighted by atomic mass is 10.0.